The Balaban J connectivity index is 2.54. The maximum atomic E-state index is 13.3. The highest BCUT2D eigenvalue weighted by molar-refractivity contribution is 5.91. The van der Waals surface area contributed by atoms with Gasteiger partial charge in [-0.15, -0.1) is 0 Å². The Morgan fingerprint density at radius 3 is 2.89 bits per heavy atom. The number of ether oxygens (including phenoxy) is 1. The smallest absolute Gasteiger partial charge is 0.333 e. The van der Waals surface area contributed by atoms with Gasteiger partial charge in [0, 0.05) is 32.0 Å². The zero-order valence-corrected chi connectivity index (χ0v) is 10.2. The van der Waals surface area contributed by atoms with Crippen molar-refractivity contribution in [2.75, 3.05) is 25.7 Å². The standard InChI is InChI=1S/C13H14FNO3/c1-15-6-10(13(16)17)11(7-18-2)9-5-8(14)3-4-12(9)15/h3-6,11H,7H2,1-2H3,(H,16,17). The number of fused-ring (bicyclic) bond motifs is 1. The minimum atomic E-state index is -1.01. The monoisotopic (exact) mass is 251 g/mol. The third kappa shape index (κ3) is 2.09. The predicted molar refractivity (Wildman–Crippen MR) is 65.1 cm³/mol. The third-order valence-corrected chi connectivity index (χ3v) is 3.03. The number of nitrogens with zero attached hydrogens (tertiary/aromatic N) is 1. The number of benzene rings is 1. The fourth-order valence-electron chi connectivity index (χ4n) is 2.21. The number of carbonyl (C=O) groups is 1. The molecule has 0 saturated heterocycles. The maximum Gasteiger partial charge on any atom is 0.333 e. The lowest BCUT2D eigenvalue weighted by Gasteiger charge is -2.30. The quantitative estimate of drug-likeness (QED) is 0.892. The van der Waals surface area contributed by atoms with Crippen molar-refractivity contribution >= 4 is 11.7 Å². The van der Waals surface area contributed by atoms with E-state index in [1.54, 1.807) is 24.2 Å². The Morgan fingerprint density at radius 1 is 1.56 bits per heavy atom. The molecule has 5 heteroatoms. The van der Waals surface area contributed by atoms with E-state index < -0.39 is 11.9 Å². The van der Waals surface area contributed by atoms with Gasteiger partial charge in [-0.05, 0) is 23.8 Å². The van der Waals surface area contributed by atoms with E-state index in [4.69, 9.17) is 4.74 Å². The molecule has 1 heterocycles. The highest BCUT2D eigenvalue weighted by Gasteiger charge is 2.30. The van der Waals surface area contributed by atoms with E-state index in [9.17, 15) is 14.3 Å². The highest BCUT2D eigenvalue weighted by atomic mass is 19.1. The number of rotatable bonds is 3. The van der Waals surface area contributed by atoms with Crippen molar-refractivity contribution in [2.45, 2.75) is 5.92 Å². The summed E-state index contributed by atoms with van der Waals surface area (Å²) in [6, 6.07) is 4.37. The Bertz CT molecular complexity index is 513. The molecule has 1 atom stereocenters. The van der Waals surface area contributed by atoms with Crippen molar-refractivity contribution < 1.29 is 19.0 Å². The van der Waals surface area contributed by atoms with Gasteiger partial charge in [-0.25, -0.2) is 9.18 Å². The molecule has 4 nitrogen and oxygen atoms in total. The topological polar surface area (TPSA) is 49.8 Å². The van der Waals surface area contributed by atoms with Crippen LogP contribution in [0.1, 0.15) is 11.5 Å². The van der Waals surface area contributed by atoms with Gasteiger partial charge in [0.15, 0.2) is 0 Å². The number of anilines is 1. The van der Waals surface area contributed by atoms with Crippen LogP contribution in [-0.2, 0) is 9.53 Å². The minimum absolute atomic E-state index is 0.206. The summed E-state index contributed by atoms with van der Waals surface area (Å²) in [4.78, 5) is 12.9. The first-order valence-electron chi connectivity index (χ1n) is 5.50. The molecule has 0 fully saturated rings. The number of methoxy groups -OCH3 is 1. The van der Waals surface area contributed by atoms with Crippen molar-refractivity contribution in [3.63, 3.8) is 0 Å². The van der Waals surface area contributed by atoms with Gasteiger partial charge in [0.1, 0.15) is 5.82 Å². The lowest BCUT2D eigenvalue weighted by Crippen LogP contribution is -2.26. The molecule has 0 bridgehead atoms. The maximum absolute atomic E-state index is 13.3. The molecule has 0 amide bonds. The summed E-state index contributed by atoms with van der Waals surface area (Å²) in [6.45, 7) is 0.211. The van der Waals surface area contributed by atoms with E-state index in [2.05, 4.69) is 0 Å². The van der Waals surface area contributed by atoms with Crippen molar-refractivity contribution in [1.82, 2.24) is 0 Å². The molecule has 1 aliphatic rings. The van der Waals surface area contributed by atoms with Crippen LogP contribution in [0, 0.1) is 5.82 Å². The normalized spacial score (nSPS) is 18.3. The molecule has 1 unspecified atom stereocenters. The molecule has 0 aliphatic carbocycles. The number of carboxylic acid groups (broad SMARTS) is 1. The zero-order chi connectivity index (χ0) is 13.3. The van der Waals surface area contributed by atoms with Gasteiger partial charge in [0.05, 0.1) is 12.2 Å². The van der Waals surface area contributed by atoms with Crippen LogP contribution in [-0.4, -0.2) is 31.8 Å². The second-order valence-corrected chi connectivity index (χ2v) is 4.21. The van der Waals surface area contributed by atoms with Gasteiger partial charge in [-0.3, -0.25) is 0 Å². The second kappa shape index (κ2) is 4.78. The van der Waals surface area contributed by atoms with Crippen molar-refractivity contribution in [3.8, 4) is 0 Å². The highest BCUT2D eigenvalue weighted by Crippen LogP contribution is 2.37. The van der Waals surface area contributed by atoms with Crippen LogP contribution in [0.3, 0.4) is 0 Å². The van der Waals surface area contributed by atoms with E-state index in [0.717, 1.165) is 5.69 Å². The van der Waals surface area contributed by atoms with E-state index in [1.807, 2.05) is 0 Å². The van der Waals surface area contributed by atoms with Crippen LogP contribution in [0.5, 0.6) is 0 Å². The lowest BCUT2D eigenvalue weighted by molar-refractivity contribution is -0.133. The molecule has 0 saturated carbocycles. The molecular weight excluding hydrogens is 237 g/mol. The second-order valence-electron chi connectivity index (χ2n) is 4.21. The molecule has 96 valence electrons. The molecule has 1 N–H and O–H groups in total. The number of aliphatic carboxylic acids is 1. The van der Waals surface area contributed by atoms with Gasteiger partial charge in [-0.2, -0.15) is 0 Å². The predicted octanol–water partition coefficient (Wildman–Crippen LogP) is 1.97. The van der Waals surface area contributed by atoms with Crippen molar-refractivity contribution in [1.29, 1.82) is 0 Å². The Labute approximate surface area is 104 Å². The fraction of sp³-hybridized carbons (Fsp3) is 0.308. The van der Waals surface area contributed by atoms with Crippen LogP contribution < -0.4 is 4.90 Å². The first-order chi connectivity index (χ1) is 8.54. The summed E-state index contributed by atoms with van der Waals surface area (Å²) < 4.78 is 18.4. The van der Waals surface area contributed by atoms with E-state index >= 15 is 0 Å². The SMILES string of the molecule is COCC1C(C(=O)O)=CN(C)c2ccc(F)cc21. The first-order valence-corrected chi connectivity index (χ1v) is 5.50. The van der Waals surface area contributed by atoms with Gasteiger partial charge in [0.2, 0.25) is 0 Å². The summed E-state index contributed by atoms with van der Waals surface area (Å²) in [5.41, 5.74) is 1.64. The number of halogens is 1. The Hall–Kier alpha value is -1.88. The summed E-state index contributed by atoms with van der Waals surface area (Å²) in [7, 11) is 3.24. The van der Waals surface area contributed by atoms with Gasteiger partial charge in [-0.1, -0.05) is 0 Å². The van der Waals surface area contributed by atoms with Crippen LogP contribution in [0.4, 0.5) is 10.1 Å². The summed E-state index contributed by atoms with van der Waals surface area (Å²) >= 11 is 0. The average molecular weight is 251 g/mol. The summed E-state index contributed by atoms with van der Waals surface area (Å²) in [5, 5.41) is 9.20. The number of hydrogen-bond donors (Lipinski definition) is 1. The average Bonchev–Trinajstić information content (AvgIpc) is 2.32. The molecule has 0 radical (unpaired) electrons. The molecular formula is C13H14FNO3. The molecule has 1 aromatic rings. The molecule has 0 spiro atoms. The van der Waals surface area contributed by atoms with Gasteiger partial charge in [0.25, 0.3) is 0 Å². The van der Waals surface area contributed by atoms with E-state index in [1.165, 1.54) is 19.2 Å². The largest absolute Gasteiger partial charge is 0.478 e. The van der Waals surface area contributed by atoms with Crippen LogP contribution in [0.15, 0.2) is 30.0 Å². The lowest BCUT2D eigenvalue weighted by atomic mass is 9.88. The molecule has 2 rings (SSSR count). The molecule has 1 aliphatic heterocycles. The van der Waals surface area contributed by atoms with Crippen LogP contribution >= 0.6 is 0 Å². The van der Waals surface area contributed by atoms with Crippen molar-refractivity contribution in [3.05, 3.63) is 41.4 Å². The Morgan fingerprint density at radius 2 is 2.28 bits per heavy atom. The van der Waals surface area contributed by atoms with Gasteiger partial charge >= 0.3 is 5.97 Å². The number of carboxylic acids is 1. The molecule has 1 aromatic carbocycles. The third-order valence-electron chi connectivity index (χ3n) is 3.03. The van der Waals surface area contributed by atoms with Crippen LogP contribution in [0.25, 0.3) is 0 Å². The van der Waals surface area contributed by atoms with Gasteiger partial charge < -0.3 is 14.7 Å². The van der Waals surface area contributed by atoms with E-state index in [0.29, 0.717) is 5.56 Å². The zero-order valence-electron chi connectivity index (χ0n) is 10.2. The molecule has 18 heavy (non-hydrogen) atoms. The minimum Gasteiger partial charge on any atom is -0.478 e. The molecule has 0 aromatic heterocycles. The van der Waals surface area contributed by atoms with Crippen molar-refractivity contribution in [2.24, 2.45) is 0 Å². The fourth-order valence-corrected chi connectivity index (χ4v) is 2.21. The van der Waals surface area contributed by atoms with E-state index in [-0.39, 0.29) is 18.0 Å². The Kier molecular flexibility index (Phi) is 3.34. The summed E-state index contributed by atoms with van der Waals surface area (Å²) in [5.74, 6) is -1.84. The number of hydrogen-bond acceptors (Lipinski definition) is 3. The van der Waals surface area contributed by atoms with Crippen LogP contribution in [0.2, 0.25) is 0 Å². The summed E-state index contributed by atoms with van der Waals surface area (Å²) in [6.07, 6.45) is 1.55. The first kappa shape index (κ1) is 12.6.